The number of thiol groups is 1. The molecule has 0 aliphatic carbocycles. The summed E-state index contributed by atoms with van der Waals surface area (Å²) in [5, 5.41) is 10.9. The van der Waals surface area contributed by atoms with E-state index in [4.69, 9.17) is 0 Å². The van der Waals surface area contributed by atoms with Crippen molar-refractivity contribution >= 4 is 34.2 Å². The average Bonchev–Trinajstić information content (AvgIpc) is 2.29. The average molecular weight is 335 g/mol. The lowest BCUT2D eigenvalue weighted by Gasteiger charge is -2.23. The van der Waals surface area contributed by atoms with Crippen LogP contribution in [0, 0.1) is 22.5 Å². The minimum absolute atomic E-state index is 0.0589. The minimum Gasteiger partial charge on any atom is -0.307 e. The Kier molecular flexibility index (Phi) is 4.61. The first-order valence-electron chi connectivity index (χ1n) is 5.34. The van der Waals surface area contributed by atoms with Gasteiger partial charge in [0.15, 0.2) is 0 Å². The standard InChI is InChI=1S/C11H15BrN2O3S/c1-7-8(14(16)17)4-13(10(15)9(7)12)5-11(2,3)6-18/h4,18H,5-6H2,1-3H3. The summed E-state index contributed by atoms with van der Waals surface area (Å²) >= 11 is 7.34. The van der Waals surface area contributed by atoms with Crippen LogP contribution in [-0.4, -0.2) is 15.2 Å². The second-order valence-electron chi connectivity index (χ2n) is 4.97. The van der Waals surface area contributed by atoms with E-state index in [1.807, 2.05) is 13.8 Å². The number of hydrogen-bond acceptors (Lipinski definition) is 4. The van der Waals surface area contributed by atoms with E-state index in [1.165, 1.54) is 10.8 Å². The quantitative estimate of drug-likeness (QED) is 0.523. The summed E-state index contributed by atoms with van der Waals surface area (Å²) in [6.45, 7) is 5.84. The molecule has 0 saturated heterocycles. The van der Waals surface area contributed by atoms with Crippen LogP contribution in [0.3, 0.4) is 0 Å². The third-order valence-corrected chi connectivity index (χ3v) is 4.45. The molecule has 7 heteroatoms. The van der Waals surface area contributed by atoms with E-state index >= 15 is 0 Å². The fourth-order valence-corrected chi connectivity index (χ4v) is 2.05. The molecule has 100 valence electrons. The lowest BCUT2D eigenvalue weighted by molar-refractivity contribution is -0.386. The third-order valence-electron chi connectivity index (χ3n) is 2.66. The summed E-state index contributed by atoms with van der Waals surface area (Å²) in [7, 11) is 0. The van der Waals surface area contributed by atoms with E-state index in [1.54, 1.807) is 6.92 Å². The van der Waals surface area contributed by atoms with Gasteiger partial charge in [0.25, 0.3) is 11.2 Å². The van der Waals surface area contributed by atoms with Crippen LogP contribution >= 0.6 is 28.6 Å². The summed E-state index contributed by atoms with van der Waals surface area (Å²) in [4.78, 5) is 22.5. The molecule has 0 fully saturated rings. The number of halogens is 1. The Morgan fingerprint density at radius 1 is 1.56 bits per heavy atom. The Balaban J connectivity index is 3.38. The molecule has 0 aliphatic heterocycles. The smallest absolute Gasteiger partial charge is 0.289 e. The van der Waals surface area contributed by atoms with Crippen LogP contribution in [0.1, 0.15) is 19.4 Å². The largest absolute Gasteiger partial charge is 0.307 e. The Labute approximate surface area is 119 Å². The van der Waals surface area contributed by atoms with Gasteiger partial charge in [0.05, 0.1) is 15.6 Å². The summed E-state index contributed by atoms with van der Waals surface area (Å²) < 4.78 is 1.61. The van der Waals surface area contributed by atoms with Gasteiger partial charge in [0.1, 0.15) is 0 Å². The molecule has 1 rings (SSSR count). The molecular formula is C11H15BrN2O3S. The lowest BCUT2D eigenvalue weighted by atomic mass is 9.96. The molecule has 0 bridgehead atoms. The van der Waals surface area contributed by atoms with Crippen LogP contribution in [0.15, 0.2) is 15.5 Å². The molecule has 0 radical (unpaired) electrons. The van der Waals surface area contributed by atoms with Crippen molar-refractivity contribution in [2.45, 2.75) is 27.3 Å². The first-order valence-corrected chi connectivity index (χ1v) is 6.77. The van der Waals surface area contributed by atoms with Crippen molar-refractivity contribution in [2.24, 2.45) is 5.41 Å². The van der Waals surface area contributed by atoms with Gasteiger partial charge in [0, 0.05) is 12.1 Å². The topological polar surface area (TPSA) is 65.1 Å². The molecule has 18 heavy (non-hydrogen) atoms. The molecule has 0 amide bonds. The molecular weight excluding hydrogens is 320 g/mol. The molecule has 1 aromatic heterocycles. The van der Waals surface area contributed by atoms with Gasteiger partial charge in [-0.2, -0.15) is 12.6 Å². The second-order valence-corrected chi connectivity index (χ2v) is 6.08. The third kappa shape index (κ3) is 3.14. The van der Waals surface area contributed by atoms with Crippen LogP contribution < -0.4 is 5.56 Å². The van der Waals surface area contributed by atoms with Gasteiger partial charge in [-0.25, -0.2) is 0 Å². The van der Waals surface area contributed by atoms with Crippen molar-refractivity contribution in [3.8, 4) is 0 Å². The van der Waals surface area contributed by atoms with Gasteiger partial charge < -0.3 is 4.57 Å². The molecule has 1 aromatic rings. The second kappa shape index (κ2) is 5.44. The molecule has 5 nitrogen and oxygen atoms in total. The molecule has 0 aromatic carbocycles. The number of aromatic nitrogens is 1. The first kappa shape index (κ1) is 15.2. The molecule has 1 heterocycles. The number of pyridine rings is 1. The Morgan fingerprint density at radius 3 is 2.56 bits per heavy atom. The van der Waals surface area contributed by atoms with Crippen molar-refractivity contribution in [3.05, 3.63) is 36.7 Å². The summed E-state index contributed by atoms with van der Waals surface area (Å²) in [6.07, 6.45) is 1.30. The number of nitrogens with zero attached hydrogens (tertiary/aromatic N) is 2. The zero-order chi connectivity index (χ0) is 14.1. The Hall–Kier alpha value is -0.820. The first-order chi connectivity index (χ1) is 8.19. The van der Waals surface area contributed by atoms with Gasteiger partial charge in [-0.15, -0.1) is 0 Å². The maximum atomic E-state index is 12.0. The van der Waals surface area contributed by atoms with E-state index in [-0.39, 0.29) is 21.1 Å². The van der Waals surface area contributed by atoms with Crippen molar-refractivity contribution in [1.29, 1.82) is 0 Å². The predicted octanol–water partition coefficient (Wildman–Crippen LogP) is 2.78. The van der Waals surface area contributed by atoms with Crippen molar-refractivity contribution in [2.75, 3.05) is 5.75 Å². The maximum Gasteiger partial charge on any atom is 0.289 e. The van der Waals surface area contributed by atoms with Crippen molar-refractivity contribution < 1.29 is 4.92 Å². The molecule has 0 atom stereocenters. The van der Waals surface area contributed by atoms with Crippen LogP contribution in [-0.2, 0) is 6.54 Å². The SMILES string of the molecule is Cc1c([N+](=O)[O-])cn(CC(C)(C)CS)c(=O)c1Br. The highest BCUT2D eigenvalue weighted by atomic mass is 79.9. The summed E-state index contributed by atoms with van der Waals surface area (Å²) in [6, 6.07) is 0. The molecule has 0 N–H and O–H groups in total. The van der Waals surface area contributed by atoms with E-state index in [0.29, 0.717) is 17.9 Å². The molecule has 0 aliphatic rings. The lowest BCUT2D eigenvalue weighted by Crippen LogP contribution is -2.30. The van der Waals surface area contributed by atoms with Crippen LogP contribution in [0.4, 0.5) is 5.69 Å². The number of hydrogen-bond donors (Lipinski definition) is 1. The fourth-order valence-electron chi connectivity index (χ4n) is 1.51. The fraction of sp³-hybridized carbons (Fsp3) is 0.545. The maximum absolute atomic E-state index is 12.0. The number of nitro groups is 1. The summed E-state index contributed by atoms with van der Waals surface area (Å²) in [5.41, 5.74) is -0.176. The Bertz CT molecular complexity index is 540. The monoisotopic (exact) mass is 334 g/mol. The van der Waals surface area contributed by atoms with Crippen LogP contribution in [0.2, 0.25) is 0 Å². The molecule has 0 saturated carbocycles. The molecule has 0 unspecified atom stereocenters. The van der Waals surface area contributed by atoms with Gasteiger partial charge in [-0.1, -0.05) is 13.8 Å². The molecule has 0 spiro atoms. The van der Waals surface area contributed by atoms with Gasteiger partial charge in [-0.05, 0) is 34.0 Å². The minimum atomic E-state index is -0.482. The van der Waals surface area contributed by atoms with Gasteiger partial charge in [0.2, 0.25) is 0 Å². The van der Waals surface area contributed by atoms with Gasteiger partial charge in [-0.3, -0.25) is 14.9 Å². The highest BCUT2D eigenvalue weighted by Gasteiger charge is 2.22. The van der Waals surface area contributed by atoms with Gasteiger partial charge >= 0.3 is 0 Å². The zero-order valence-electron chi connectivity index (χ0n) is 10.4. The van der Waals surface area contributed by atoms with Crippen LogP contribution in [0.25, 0.3) is 0 Å². The summed E-state index contributed by atoms with van der Waals surface area (Å²) in [5.74, 6) is 0.582. The van der Waals surface area contributed by atoms with E-state index in [2.05, 4.69) is 28.6 Å². The normalized spacial score (nSPS) is 11.6. The van der Waals surface area contributed by atoms with E-state index in [0.717, 1.165) is 0 Å². The van der Waals surface area contributed by atoms with Crippen molar-refractivity contribution in [3.63, 3.8) is 0 Å². The van der Waals surface area contributed by atoms with E-state index in [9.17, 15) is 14.9 Å². The Morgan fingerprint density at radius 2 is 2.11 bits per heavy atom. The highest BCUT2D eigenvalue weighted by molar-refractivity contribution is 9.10. The van der Waals surface area contributed by atoms with E-state index < -0.39 is 4.92 Å². The highest BCUT2D eigenvalue weighted by Crippen LogP contribution is 2.25. The number of rotatable bonds is 4. The predicted molar refractivity (Wildman–Crippen MR) is 77.4 cm³/mol. The van der Waals surface area contributed by atoms with Crippen LogP contribution in [0.5, 0.6) is 0 Å². The zero-order valence-corrected chi connectivity index (χ0v) is 12.9. The van der Waals surface area contributed by atoms with Crippen molar-refractivity contribution in [1.82, 2.24) is 4.57 Å².